The second-order valence-corrected chi connectivity index (χ2v) is 7.29. The van der Waals surface area contributed by atoms with Crippen LogP contribution in [-0.4, -0.2) is 50.6 Å². The largest absolute Gasteiger partial charge is 0.497 e. The first-order valence-corrected chi connectivity index (χ1v) is 10.2. The van der Waals surface area contributed by atoms with Crippen molar-refractivity contribution >= 4 is 11.6 Å². The van der Waals surface area contributed by atoms with E-state index in [1.54, 1.807) is 43.7 Å². The molecule has 33 heavy (non-hydrogen) atoms. The molecule has 0 radical (unpaired) electrons. The molecule has 0 bridgehead atoms. The second kappa shape index (κ2) is 8.95. The lowest BCUT2D eigenvalue weighted by molar-refractivity contribution is -0.135. The van der Waals surface area contributed by atoms with Crippen LogP contribution in [0.5, 0.6) is 11.5 Å². The van der Waals surface area contributed by atoms with Gasteiger partial charge in [0, 0.05) is 6.42 Å². The summed E-state index contributed by atoms with van der Waals surface area (Å²) in [7, 11) is 1.62. The summed E-state index contributed by atoms with van der Waals surface area (Å²) in [5.74, 6) is 1.70. The van der Waals surface area contributed by atoms with Gasteiger partial charge in [0.15, 0.2) is 6.61 Å². The summed E-state index contributed by atoms with van der Waals surface area (Å²) in [6, 6.07) is 18.0. The van der Waals surface area contributed by atoms with Crippen LogP contribution in [0.2, 0.25) is 0 Å². The smallest absolute Gasteiger partial charge is 0.281 e. The fraction of sp³-hybridized carbons (Fsp3) is 0.174. The molecule has 10 heteroatoms. The molecular weight excluding hydrogens is 424 g/mol. The van der Waals surface area contributed by atoms with Crippen LogP contribution >= 0.6 is 0 Å². The van der Waals surface area contributed by atoms with E-state index in [1.807, 2.05) is 30.3 Å². The molecule has 0 aliphatic carbocycles. The van der Waals surface area contributed by atoms with Gasteiger partial charge in [-0.1, -0.05) is 0 Å². The number of benzene rings is 2. The predicted octanol–water partition coefficient (Wildman–Crippen LogP) is 3.02. The fourth-order valence-corrected chi connectivity index (χ4v) is 3.59. The van der Waals surface area contributed by atoms with Crippen LogP contribution in [-0.2, 0) is 4.79 Å². The van der Waals surface area contributed by atoms with Gasteiger partial charge in [0.1, 0.15) is 29.6 Å². The average Bonchev–Trinajstić information content (AvgIpc) is 3.64. The zero-order valence-electron chi connectivity index (χ0n) is 17.7. The molecule has 0 saturated carbocycles. The average molecular weight is 444 g/mol. The van der Waals surface area contributed by atoms with Gasteiger partial charge >= 0.3 is 0 Å². The lowest BCUT2D eigenvalue weighted by Crippen LogP contribution is -2.31. The Labute approximate surface area is 189 Å². The van der Waals surface area contributed by atoms with Gasteiger partial charge < -0.3 is 13.9 Å². The Bertz CT molecular complexity index is 1240. The van der Waals surface area contributed by atoms with Gasteiger partial charge in [0.25, 0.3) is 5.91 Å². The highest BCUT2D eigenvalue weighted by Gasteiger charge is 2.35. The van der Waals surface area contributed by atoms with Crippen LogP contribution in [0, 0.1) is 0 Å². The fourth-order valence-electron chi connectivity index (χ4n) is 3.59. The molecule has 166 valence electrons. The zero-order chi connectivity index (χ0) is 22.6. The molecule has 1 aliphatic rings. The Kier molecular flexibility index (Phi) is 5.54. The monoisotopic (exact) mass is 444 g/mol. The van der Waals surface area contributed by atoms with Crippen molar-refractivity contribution in [3.8, 4) is 17.2 Å². The van der Waals surface area contributed by atoms with E-state index in [1.165, 1.54) is 16.0 Å². The number of rotatable bonds is 7. The van der Waals surface area contributed by atoms with Crippen LogP contribution < -0.4 is 9.47 Å². The number of hydrogen-bond acceptors (Lipinski definition) is 8. The number of furan rings is 1. The molecule has 0 fully saturated rings. The number of methoxy groups -OCH3 is 1. The third-order valence-electron chi connectivity index (χ3n) is 5.27. The number of ether oxygens (including phenoxy) is 2. The first kappa shape index (κ1) is 20.4. The van der Waals surface area contributed by atoms with Gasteiger partial charge in [-0.15, -0.1) is 5.10 Å². The molecule has 3 heterocycles. The molecule has 0 saturated heterocycles. The Morgan fingerprint density at radius 3 is 2.55 bits per heavy atom. The summed E-state index contributed by atoms with van der Waals surface area (Å²) in [6.45, 7) is -0.166. The minimum absolute atomic E-state index is 0.166. The van der Waals surface area contributed by atoms with Crippen molar-refractivity contribution in [1.82, 2.24) is 25.2 Å². The van der Waals surface area contributed by atoms with Gasteiger partial charge in [0.05, 0.1) is 24.8 Å². The highest BCUT2D eigenvalue weighted by atomic mass is 16.5. The highest BCUT2D eigenvalue weighted by Crippen LogP contribution is 2.33. The number of nitrogens with zero attached hydrogens (tertiary/aromatic N) is 6. The SMILES string of the molecule is COc1ccc(C2=NN(C(=O)COc3ccc(-n4cnnn4)cc3)[C@@H](c3ccco3)C2)cc1. The summed E-state index contributed by atoms with van der Waals surface area (Å²) in [4.78, 5) is 13.1. The van der Waals surface area contributed by atoms with E-state index in [4.69, 9.17) is 13.9 Å². The molecule has 2 aromatic carbocycles. The Morgan fingerprint density at radius 2 is 1.88 bits per heavy atom. The van der Waals surface area contributed by atoms with Crippen LogP contribution in [0.3, 0.4) is 0 Å². The third-order valence-corrected chi connectivity index (χ3v) is 5.27. The summed E-state index contributed by atoms with van der Waals surface area (Å²) < 4.78 is 18.1. The van der Waals surface area contributed by atoms with Crippen molar-refractivity contribution in [1.29, 1.82) is 0 Å². The van der Waals surface area contributed by atoms with Crippen molar-refractivity contribution in [2.75, 3.05) is 13.7 Å². The predicted molar refractivity (Wildman–Crippen MR) is 117 cm³/mol. The van der Waals surface area contributed by atoms with Gasteiger partial charge in [0.2, 0.25) is 0 Å². The summed E-state index contributed by atoms with van der Waals surface area (Å²) in [5, 5.41) is 17.1. The molecule has 5 rings (SSSR count). The van der Waals surface area contributed by atoms with E-state index in [0.717, 1.165) is 22.7 Å². The number of carbonyl (C=O) groups is 1. The van der Waals surface area contributed by atoms with Crippen molar-refractivity contribution < 1.29 is 18.7 Å². The van der Waals surface area contributed by atoms with Gasteiger partial charge in [-0.2, -0.15) is 5.10 Å². The number of aromatic nitrogens is 4. The quantitative estimate of drug-likeness (QED) is 0.431. The Hall–Kier alpha value is -4.47. The molecule has 4 aromatic rings. The summed E-state index contributed by atoms with van der Waals surface area (Å²) in [6.07, 6.45) is 3.62. The third kappa shape index (κ3) is 4.31. The Balaban J connectivity index is 1.31. The van der Waals surface area contributed by atoms with Crippen molar-refractivity contribution in [2.45, 2.75) is 12.5 Å². The van der Waals surface area contributed by atoms with Gasteiger partial charge in [-0.25, -0.2) is 9.69 Å². The van der Waals surface area contributed by atoms with E-state index in [2.05, 4.69) is 20.6 Å². The summed E-state index contributed by atoms with van der Waals surface area (Å²) in [5.41, 5.74) is 2.49. The van der Waals surface area contributed by atoms with Crippen molar-refractivity contribution in [2.24, 2.45) is 5.10 Å². The van der Waals surface area contributed by atoms with Crippen LogP contribution in [0.15, 0.2) is 82.8 Å². The maximum atomic E-state index is 13.1. The minimum atomic E-state index is -0.338. The second-order valence-electron chi connectivity index (χ2n) is 7.29. The van der Waals surface area contributed by atoms with E-state index < -0.39 is 0 Å². The lowest BCUT2D eigenvalue weighted by Gasteiger charge is -2.20. The molecule has 1 atom stereocenters. The molecule has 1 amide bonds. The molecule has 0 unspecified atom stereocenters. The van der Waals surface area contributed by atoms with Gasteiger partial charge in [-0.05, 0) is 76.7 Å². The minimum Gasteiger partial charge on any atom is -0.497 e. The molecule has 1 aliphatic heterocycles. The van der Waals surface area contributed by atoms with E-state index in [9.17, 15) is 4.79 Å². The van der Waals surface area contributed by atoms with E-state index in [-0.39, 0.29) is 18.6 Å². The highest BCUT2D eigenvalue weighted by molar-refractivity contribution is 6.03. The normalized spacial score (nSPS) is 15.4. The maximum absolute atomic E-state index is 13.1. The van der Waals surface area contributed by atoms with Crippen LogP contribution in [0.25, 0.3) is 5.69 Å². The van der Waals surface area contributed by atoms with E-state index >= 15 is 0 Å². The number of hydrazone groups is 1. The number of tetrazole rings is 1. The van der Waals surface area contributed by atoms with Crippen molar-refractivity contribution in [3.05, 3.63) is 84.6 Å². The standard InChI is InChI=1S/C23H20N6O4/c1-31-18-8-4-16(5-9-18)20-13-21(22-3-2-12-32-22)29(25-20)23(30)14-33-19-10-6-17(7-11-19)28-15-24-26-27-28/h2-12,15,21H,13-14H2,1H3/t21-/m1/s1. The first-order chi connectivity index (χ1) is 16.2. The number of hydrogen-bond donors (Lipinski definition) is 0. The lowest BCUT2D eigenvalue weighted by atomic mass is 10.0. The molecule has 10 nitrogen and oxygen atoms in total. The number of carbonyl (C=O) groups excluding carboxylic acids is 1. The van der Waals surface area contributed by atoms with Crippen LogP contribution in [0.4, 0.5) is 0 Å². The van der Waals surface area contributed by atoms with E-state index in [0.29, 0.717) is 17.9 Å². The van der Waals surface area contributed by atoms with Crippen LogP contribution in [0.1, 0.15) is 23.8 Å². The number of amides is 1. The molecule has 2 aromatic heterocycles. The molecule has 0 N–H and O–H groups in total. The molecule has 0 spiro atoms. The van der Waals surface area contributed by atoms with Crippen molar-refractivity contribution in [3.63, 3.8) is 0 Å². The summed E-state index contributed by atoms with van der Waals surface area (Å²) >= 11 is 0. The van der Waals surface area contributed by atoms with Gasteiger partial charge in [-0.3, -0.25) is 4.79 Å². The topological polar surface area (TPSA) is 108 Å². The molecular formula is C23H20N6O4. The maximum Gasteiger partial charge on any atom is 0.281 e. The first-order valence-electron chi connectivity index (χ1n) is 10.2. The zero-order valence-corrected chi connectivity index (χ0v) is 17.7. The Morgan fingerprint density at radius 1 is 1.09 bits per heavy atom.